The highest BCUT2D eigenvalue weighted by atomic mass is 31.2. The second-order valence-corrected chi connectivity index (χ2v) is 33.8. The predicted octanol–water partition coefficient (Wildman–Crippen LogP) is 23.0. The molecule has 4 N–H and O–H groups in total. The highest BCUT2D eigenvalue weighted by Crippen LogP contribution is 2.43. The molecule has 0 saturated carbocycles. The number of hydrogen-bond acceptors (Lipinski definition) is 15. The SMILES string of the molecule is CCCCCCCCCCCC(=O)OC(CCCCCCCCCCC)CC(=O)NC1C(OCC2CCCN2C(=O)CC(CCCCCCCCCCC)OC(=O)CCCCCCCCCCC)OC(CO)C(OP(=O)(O)O)C1OC(=O)CC(CCCCCCCCCCC)OC(=O)CCCCCCCCCCC. The summed E-state index contributed by atoms with van der Waals surface area (Å²) in [6.07, 6.45) is 51.6. The monoisotopic (exact) mass is 1570 g/mol. The van der Waals surface area contributed by atoms with Gasteiger partial charge in [-0.05, 0) is 70.6 Å². The fraction of sp³-hybridized carbons (Fsp3) is 0.933. The van der Waals surface area contributed by atoms with E-state index in [4.69, 9.17) is 32.9 Å². The van der Waals surface area contributed by atoms with Gasteiger partial charge in [0.25, 0.3) is 0 Å². The van der Waals surface area contributed by atoms with Crippen molar-refractivity contribution < 1.29 is 81.2 Å². The molecule has 2 amide bonds. The zero-order chi connectivity index (χ0) is 79.5. The Kier molecular flexibility index (Phi) is 65.7. The van der Waals surface area contributed by atoms with E-state index >= 15 is 4.79 Å². The minimum Gasteiger partial charge on any atom is -0.462 e. The fourth-order valence-corrected chi connectivity index (χ4v) is 16.2. The number of carbonyl (C=O) groups excluding carboxylic acids is 6. The Balaban J connectivity index is 2.62. The average Bonchev–Trinajstić information content (AvgIpc) is 0.793. The van der Waals surface area contributed by atoms with E-state index in [0.717, 1.165) is 154 Å². The molecule has 2 fully saturated rings. The summed E-state index contributed by atoms with van der Waals surface area (Å²) in [7, 11) is -5.48. The van der Waals surface area contributed by atoms with Crippen molar-refractivity contribution in [1.29, 1.82) is 0 Å². The number of ether oxygens (including phenoxy) is 6. The van der Waals surface area contributed by atoms with E-state index in [-0.39, 0.29) is 44.2 Å². The molecule has 9 unspecified atom stereocenters. The molecule has 0 aromatic carbocycles. The molecule has 2 heterocycles. The number of hydrogen-bond donors (Lipinski definition) is 4. The third-order valence-electron chi connectivity index (χ3n) is 22.3. The Labute approximate surface area is 665 Å². The summed E-state index contributed by atoms with van der Waals surface area (Å²) in [5.74, 6) is -2.91. The Hall–Kier alpha value is -3.19. The number of phosphoric acid groups is 1. The van der Waals surface area contributed by atoms with Gasteiger partial charge in [-0.1, -0.05) is 350 Å². The minimum absolute atomic E-state index is 0.0136. The van der Waals surface area contributed by atoms with E-state index in [1.807, 2.05) is 0 Å². The standard InChI is InChI=1S/C89H167N2O17P/c1-7-13-19-25-31-37-43-49-55-63-76(103-82(95)66-58-52-46-40-34-28-22-16-10-4)70-80(93)90-86-88(107-85(98)72-78(65-57-51-45-39-33-27-21-15-9-3)105-84(97)68-60-54-48-42-36-30-24-18-12-6)87(108-109(99,100)101)79(73-92)106-89(86)102-74-75-62-61-69-91(75)81(94)71-77(64-56-50-44-38-32-26-20-14-8-2)104-83(96)67-59-53-47-41-35-29-23-17-11-5/h75-79,86-89,92H,7-74H2,1-6H3,(H,90,93)(H2,99,100,101). The number of esters is 4. The topological polar surface area (TPSA) is 260 Å². The van der Waals surface area contributed by atoms with Crippen LogP contribution < -0.4 is 5.32 Å². The summed E-state index contributed by atoms with van der Waals surface area (Å²) in [6, 6.07) is -2.10. The second-order valence-electron chi connectivity index (χ2n) is 32.6. The molecule has 0 bridgehead atoms. The van der Waals surface area contributed by atoms with Gasteiger partial charge in [0.1, 0.15) is 36.6 Å². The molecule has 2 saturated heterocycles. The average molecular weight is 1570 g/mol. The maximum absolute atomic E-state index is 15.0. The smallest absolute Gasteiger partial charge is 0.462 e. The molecule has 0 aromatic heterocycles. The molecule has 2 aliphatic rings. The first kappa shape index (κ1) is 102. The largest absolute Gasteiger partial charge is 0.470 e. The third-order valence-corrected chi connectivity index (χ3v) is 22.8. The number of nitrogens with one attached hydrogen (secondary N) is 1. The molecule has 640 valence electrons. The van der Waals surface area contributed by atoms with E-state index in [0.29, 0.717) is 70.8 Å². The highest BCUT2D eigenvalue weighted by molar-refractivity contribution is 7.46. The predicted molar refractivity (Wildman–Crippen MR) is 440 cm³/mol. The zero-order valence-electron chi connectivity index (χ0n) is 70.7. The number of nitrogens with zero attached hydrogens (tertiary/aromatic N) is 1. The minimum atomic E-state index is -5.48. The van der Waals surface area contributed by atoms with Crippen molar-refractivity contribution in [2.24, 2.45) is 0 Å². The van der Waals surface area contributed by atoms with Crippen LogP contribution in [-0.2, 0) is 66.3 Å². The van der Waals surface area contributed by atoms with E-state index in [2.05, 4.69) is 46.9 Å². The zero-order valence-corrected chi connectivity index (χ0v) is 71.6. The Morgan fingerprint density at radius 2 is 0.725 bits per heavy atom. The third kappa shape index (κ3) is 55.9. The van der Waals surface area contributed by atoms with Gasteiger partial charge in [0.15, 0.2) is 12.4 Å². The van der Waals surface area contributed by atoms with Crippen LogP contribution in [0.15, 0.2) is 0 Å². The van der Waals surface area contributed by atoms with Gasteiger partial charge < -0.3 is 53.5 Å². The van der Waals surface area contributed by atoms with Crippen LogP contribution in [0.2, 0.25) is 0 Å². The first-order valence-corrected chi connectivity index (χ1v) is 47.5. The van der Waals surface area contributed by atoms with Gasteiger partial charge in [0.05, 0.1) is 38.5 Å². The van der Waals surface area contributed by atoms with Crippen molar-refractivity contribution in [3.8, 4) is 0 Å². The maximum atomic E-state index is 15.0. The van der Waals surface area contributed by atoms with Crippen LogP contribution in [0.3, 0.4) is 0 Å². The summed E-state index contributed by atoms with van der Waals surface area (Å²) in [5, 5.41) is 14.1. The van der Waals surface area contributed by atoms with E-state index in [1.54, 1.807) is 4.90 Å². The van der Waals surface area contributed by atoms with Gasteiger partial charge >= 0.3 is 31.7 Å². The molecule has 0 aliphatic carbocycles. The lowest BCUT2D eigenvalue weighted by Crippen LogP contribution is -2.66. The van der Waals surface area contributed by atoms with Crippen molar-refractivity contribution >= 4 is 43.5 Å². The Morgan fingerprint density at radius 3 is 1.06 bits per heavy atom. The first-order valence-electron chi connectivity index (χ1n) is 46.0. The van der Waals surface area contributed by atoms with Crippen LogP contribution in [0.4, 0.5) is 0 Å². The van der Waals surface area contributed by atoms with Crippen molar-refractivity contribution in [2.45, 2.75) is 514 Å². The molecule has 2 rings (SSSR count). The number of unbranched alkanes of at least 4 members (excludes halogenated alkanes) is 48. The van der Waals surface area contributed by atoms with Crippen LogP contribution >= 0.6 is 7.82 Å². The molecule has 19 nitrogen and oxygen atoms in total. The summed E-state index contributed by atoms with van der Waals surface area (Å²) in [4.78, 5) is 109. The summed E-state index contributed by atoms with van der Waals surface area (Å²) in [6.45, 7) is 12.6. The van der Waals surface area contributed by atoms with E-state index in [1.165, 1.54) is 167 Å². The van der Waals surface area contributed by atoms with E-state index < -0.39 is 99.7 Å². The number of amides is 2. The van der Waals surface area contributed by atoms with Crippen LogP contribution in [0.25, 0.3) is 0 Å². The van der Waals surface area contributed by atoms with Gasteiger partial charge in [-0.3, -0.25) is 33.3 Å². The lowest BCUT2D eigenvalue weighted by molar-refractivity contribution is -0.273. The second kappa shape index (κ2) is 70.2. The lowest BCUT2D eigenvalue weighted by Gasteiger charge is -2.45. The van der Waals surface area contributed by atoms with Gasteiger partial charge in [0.2, 0.25) is 11.8 Å². The van der Waals surface area contributed by atoms with Gasteiger partial charge in [-0.2, -0.15) is 0 Å². The van der Waals surface area contributed by atoms with Crippen LogP contribution in [0.5, 0.6) is 0 Å². The molecule has 0 radical (unpaired) electrons. The number of likely N-dealkylation sites (tertiary alicyclic amines) is 1. The maximum Gasteiger partial charge on any atom is 0.470 e. The highest BCUT2D eigenvalue weighted by Gasteiger charge is 2.53. The van der Waals surface area contributed by atoms with E-state index in [9.17, 15) is 43.4 Å². The molecule has 109 heavy (non-hydrogen) atoms. The lowest BCUT2D eigenvalue weighted by atomic mass is 9.95. The molecule has 20 heteroatoms. The quantitative estimate of drug-likeness (QED) is 0.0191. The van der Waals surface area contributed by atoms with Crippen LogP contribution in [0.1, 0.15) is 459 Å². The van der Waals surface area contributed by atoms with Gasteiger partial charge in [-0.15, -0.1) is 0 Å². The molecule has 0 aromatic rings. The van der Waals surface area contributed by atoms with Gasteiger partial charge in [-0.25, -0.2) is 4.57 Å². The molecular formula is C89H167N2O17P. The van der Waals surface area contributed by atoms with Crippen molar-refractivity contribution in [3.63, 3.8) is 0 Å². The number of carbonyl (C=O) groups is 6. The van der Waals surface area contributed by atoms with Crippen LogP contribution in [-0.4, -0.2) is 130 Å². The number of aliphatic hydroxyl groups is 1. The molecule has 0 spiro atoms. The summed E-state index contributed by atoms with van der Waals surface area (Å²) >= 11 is 0. The molecule has 2 aliphatic heterocycles. The van der Waals surface area contributed by atoms with Crippen LogP contribution in [0, 0.1) is 0 Å². The summed E-state index contributed by atoms with van der Waals surface area (Å²) < 4.78 is 56.5. The van der Waals surface area contributed by atoms with Crippen molar-refractivity contribution in [2.75, 3.05) is 19.8 Å². The fourth-order valence-electron chi connectivity index (χ4n) is 15.6. The number of aliphatic hydroxyl groups excluding tert-OH is 1. The Morgan fingerprint density at radius 1 is 0.413 bits per heavy atom. The number of phosphoric ester groups is 1. The number of rotatable bonds is 77. The van der Waals surface area contributed by atoms with Gasteiger partial charge in [0, 0.05) is 25.8 Å². The normalized spacial score (nSPS) is 18.2. The first-order chi connectivity index (χ1) is 53.0. The molecule has 9 atom stereocenters. The van der Waals surface area contributed by atoms with Crippen molar-refractivity contribution in [1.82, 2.24) is 10.2 Å². The Bertz CT molecular complexity index is 2260. The summed E-state index contributed by atoms with van der Waals surface area (Å²) in [5.41, 5.74) is 0. The molecular weight excluding hydrogens is 1400 g/mol. The van der Waals surface area contributed by atoms with Crippen molar-refractivity contribution in [3.05, 3.63) is 0 Å².